The van der Waals surface area contributed by atoms with E-state index in [1.165, 1.54) is 0 Å². The summed E-state index contributed by atoms with van der Waals surface area (Å²) in [4.78, 5) is 16.0. The fourth-order valence-corrected chi connectivity index (χ4v) is 3.27. The molecule has 1 fully saturated rings. The van der Waals surface area contributed by atoms with Crippen molar-refractivity contribution in [2.45, 2.75) is 44.3 Å². The molecule has 6 N–H and O–H groups in total. The molecule has 0 amide bonds. The lowest BCUT2D eigenvalue weighted by molar-refractivity contribution is 0.112. The number of nitrogens with zero attached hydrogens (tertiary/aromatic N) is 1. The first kappa shape index (κ1) is 20.0. The minimum Gasteiger partial charge on any atom is -0.393 e. The Balaban J connectivity index is 2.56. The van der Waals surface area contributed by atoms with Gasteiger partial charge in [0.1, 0.15) is 0 Å². The number of nitrogens with two attached hydrogens (primary N) is 1. The average Bonchev–Trinajstić information content (AvgIpc) is 2.64. The third-order valence-corrected chi connectivity index (χ3v) is 4.62. The summed E-state index contributed by atoms with van der Waals surface area (Å²) in [7, 11) is 3.36. The van der Waals surface area contributed by atoms with Crippen molar-refractivity contribution in [3.8, 4) is 0 Å². The van der Waals surface area contributed by atoms with Crippen LogP contribution in [-0.2, 0) is 6.54 Å². The molecular formula is C18H27FN6O. The Bertz CT molecular complexity index is 691. The second kappa shape index (κ2) is 9.40. The van der Waals surface area contributed by atoms with Crippen LogP contribution in [0, 0.1) is 11.2 Å². The van der Waals surface area contributed by atoms with Crippen LogP contribution in [-0.4, -0.2) is 43.7 Å². The molecule has 1 aliphatic rings. The van der Waals surface area contributed by atoms with Crippen molar-refractivity contribution in [1.29, 1.82) is 5.41 Å². The van der Waals surface area contributed by atoms with E-state index in [0.29, 0.717) is 11.9 Å². The van der Waals surface area contributed by atoms with E-state index in [4.69, 9.17) is 11.1 Å². The number of hydrogen-bond acceptors (Lipinski definition) is 7. The summed E-state index contributed by atoms with van der Waals surface area (Å²) in [6.07, 6.45) is 7.05. The molecule has 1 aromatic rings. The number of carbonyl (C=O) groups is 1. The maximum absolute atomic E-state index is 15.1. The van der Waals surface area contributed by atoms with Crippen molar-refractivity contribution in [2.24, 2.45) is 5.73 Å². The highest BCUT2D eigenvalue weighted by Gasteiger charge is 2.26. The van der Waals surface area contributed by atoms with Crippen LogP contribution in [0.2, 0.25) is 0 Å². The number of rotatable bonds is 8. The molecule has 26 heavy (non-hydrogen) atoms. The zero-order chi connectivity index (χ0) is 19.1. The molecule has 0 aliphatic heterocycles. The Morgan fingerprint density at radius 1 is 1.38 bits per heavy atom. The Hall–Kier alpha value is -2.32. The van der Waals surface area contributed by atoms with Crippen molar-refractivity contribution >= 4 is 23.9 Å². The van der Waals surface area contributed by atoms with Gasteiger partial charge in [0.05, 0.1) is 5.69 Å². The number of pyridine rings is 1. The number of anilines is 1. The van der Waals surface area contributed by atoms with Gasteiger partial charge in [-0.2, -0.15) is 0 Å². The first-order valence-corrected chi connectivity index (χ1v) is 8.79. The fourth-order valence-electron chi connectivity index (χ4n) is 3.27. The Morgan fingerprint density at radius 3 is 2.69 bits per heavy atom. The van der Waals surface area contributed by atoms with E-state index < -0.39 is 5.82 Å². The molecule has 1 aromatic heterocycles. The van der Waals surface area contributed by atoms with Crippen molar-refractivity contribution in [1.82, 2.24) is 15.6 Å². The molecule has 2 rings (SSSR count). The summed E-state index contributed by atoms with van der Waals surface area (Å²) >= 11 is 0. The molecule has 0 saturated heterocycles. The summed E-state index contributed by atoms with van der Waals surface area (Å²) in [5.41, 5.74) is 7.19. The molecular weight excluding hydrogens is 335 g/mol. The predicted octanol–water partition coefficient (Wildman–Crippen LogP) is 1.64. The van der Waals surface area contributed by atoms with Gasteiger partial charge in [0.15, 0.2) is 17.9 Å². The zero-order valence-electron chi connectivity index (χ0n) is 15.2. The van der Waals surface area contributed by atoms with Crippen molar-refractivity contribution in [3.05, 3.63) is 28.8 Å². The summed E-state index contributed by atoms with van der Waals surface area (Å²) in [6, 6.07) is -0.137. The molecule has 0 bridgehead atoms. The van der Waals surface area contributed by atoms with Crippen LogP contribution < -0.4 is 21.7 Å². The number of nitrogens with one attached hydrogen (secondary N) is 4. The maximum Gasteiger partial charge on any atom is 0.170 e. The SMILES string of the molecule is CN/C=C(\C=N)c1nc(NC2CCCC[C@@H]2N)c(F)c(CNC)c1C=O. The number of halogens is 1. The average molecular weight is 362 g/mol. The minimum absolute atomic E-state index is 0.0676. The van der Waals surface area contributed by atoms with Crippen LogP contribution in [0.4, 0.5) is 10.2 Å². The van der Waals surface area contributed by atoms with Crippen molar-refractivity contribution in [2.75, 3.05) is 19.4 Å². The normalized spacial score (nSPS) is 20.5. The zero-order valence-corrected chi connectivity index (χ0v) is 15.2. The van der Waals surface area contributed by atoms with E-state index in [9.17, 15) is 4.79 Å². The standard InChI is InChI=1S/C18H27FN6O/c1-22-8-11(7-20)17-13(10-26)12(9-23-2)16(19)18(25-17)24-15-6-4-3-5-14(15)21/h7-8,10,14-15,20,22-23H,3-6,9,21H2,1-2H3,(H,24,25)/b11-8+,20-7?/t14-,15?/m0/s1. The highest BCUT2D eigenvalue weighted by Crippen LogP contribution is 2.28. The first-order valence-electron chi connectivity index (χ1n) is 8.79. The number of aromatic nitrogens is 1. The minimum atomic E-state index is -0.559. The third-order valence-electron chi connectivity index (χ3n) is 4.62. The van der Waals surface area contributed by atoms with Crippen LogP contribution in [0.5, 0.6) is 0 Å². The fraction of sp³-hybridized carbons (Fsp3) is 0.500. The lowest BCUT2D eigenvalue weighted by atomic mass is 9.91. The quantitative estimate of drug-likeness (QED) is 0.355. The molecule has 0 radical (unpaired) electrons. The van der Waals surface area contributed by atoms with Gasteiger partial charge >= 0.3 is 0 Å². The van der Waals surface area contributed by atoms with Gasteiger partial charge < -0.3 is 27.1 Å². The van der Waals surface area contributed by atoms with Crippen molar-refractivity contribution < 1.29 is 9.18 Å². The number of carbonyl (C=O) groups excluding carboxylic acids is 1. The topological polar surface area (TPSA) is 116 Å². The van der Waals surface area contributed by atoms with Gasteiger partial charge in [-0.15, -0.1) is 0 Å². The summed E-state index contributed by atoms with van der Waals surface area (Å²) in [6.45, 7) is 0.172. The van der Waals surface area contributed by atoms with E-state index in [1.54, 1.807) is 20.3 Å². The largest absolute Gasteiger partial charge is 0.393 e. The van der Waals surface area contributed by atoms with Crippen LogP contribution >= 0.6 is 0 Å². The summed E-state index contributed by atoms with van der Waals surface area (Å²) in [5, 5.41) is 16.5. The lowest BCUT2D eigenvalue weighted by Crippen LogP contribution is -2.43. The van der Waals surface area contributed by atoms with Gasteiger partial charge in [-0.1, -0.05) is 12.8 Å². The number of hydrogen-bond donors (Lipinski definition) is 5. The molecule has 1 unspecified atom stereocenters. The molecule has 2 atom stereocenters. The predicted molar refractivity (Wildman–Crippen MR) is 102 cm³/mol. The Morgan fingerprint density at radius 2 is 2.12 bits per heavy atom. The lowest BCUT2D eigenvalue weighted by Gasteiger charge is -2.30. The molecule has 0 aromatic carbocycles. The van der Waals surface area contributed by atoms with Gasteiger partial charge in [-0.25, -0.2) is 9.37 Å². The van der Waals surface area contributed by atoms with Crippen LogP contribution in [0.1, 0.15) is 47.3 Å². The molecule has 142 valence electrons. The summed E-state index contributed by atoms with van der Waals surface area (Å²) in [5.74, 6) is -0.487. The van der Waals surface area contributed by atoms with E-state index in [1.807, 2.05) is 0 Å². The summed E-state index contributed by atoms with van der Waals surface area (Å²) < 4.78 is 15.1. The smallest absolute Gasteiger partial charge is 0.170 e. The van der Waals surface area contributed by atoms with Gasteiger partial charge in [0.25, 0.3) is 0 Å². The van der Waals surface area contributed by atoms with Gasteiger partial charge in [0, 0.05) is 54.8 Å². The third kappa shape index (κ3) is 4.25. The monoisotopic (exact) mass is 362 g/mol. The molecule has 7 nitrogen and oxygen atoms in total. The van der Waals surface area contributed by atoms with Crippen LogP contribution in [0.15, 0.2) is 6.20 Å². The molecule has 1 aliphatic carbocycles. The number of aldehydes is 1. The highest BCUT2D eigenvalue weighted by atomic mass is 19.1. The molecule has 8 heteroatoms. The van der Waals surface area contributed by atoms with E-state index >= 15 is 4.39 Å². The van der Waals surface area contributed by atoms with Gasteiger partial charge in [-0.05, 0) is 19.9 Å². The van der Waals surface area contributed by atoms with Crippen LogP contribution in [0.3, 0.4) is 0 Å². The van der Waals surface area contributed by atoms with Crippen molar-refractivity contribution in [3.63, 3.8) is 0 Å². The first-order chi connectivity index (χ1) is 12.6. The van der Waals surface area contributed by atoms with Crippen LogP contribution in [0.25, 0.3) is 5.57 Å². The van der Waals surface area contributed by atoms with E-state index in [2.05, 4.69) is 20.9 Å². The van der Waals surface area contributed by atoms with E-state index in [-0.39, 0.29) is 41.3 Å². The second-order valence-electron chi connectivity index (χ2n) is 6.40. The second-order valence-corrected chi connectivity index (χ2v) is 6.40. The van der Waals surface area contributed by atoms with E-state index in [0.717, 1.165) is 31.9 Å². The highest BCUT2D eigenvalue weighted by molar-refractivity contribution is 6.10. The molecule has 1 heterocycles. The Kier molecular flexibility index (Phi) is 7.23. The van der Waals surface area contributed by atoms with Gasteiger partial charge in [0.2, 0.25) is 0 Å². The Labute approximate surface area is 153 Å². The molecule has 1 saturated carbocycles. The number of allylic oxidation sites excluding steroid dienone is 1. The molecule has 0 spiro atoms. The maximum atomic E-state index is 15.1. The van der Waals surface area contributed by atoms with Gasteiger partial charge in [-0.3, -0.25) is 4.79 Å².